The first-order valence-corrected chi connectivity index (χ1v) is 5.54. The molecule has 2 nitrogen and oxygen atoms in total. The lowest BCUT2D eigenvalue weighted by Crippen LogP contribution is -2.24. The van der Waals surface area contributed by atoms with Crippen LogP contribution in [0.1, 0.15) is 13.3 Å². The van der Waals surface area contributed by atoms with Crippen LogP contribution in [0.3, 0.4) is 0 Å². The van der Waals surface area contributed by atoms with Gasteiger partial charge in [0.05, 0.1) is 20.4 Å². The summed E-state index contributed by atoms with van der Waals surface area (Å²) in [6, 6.07) is 0. The largest absolute Gasteiger partial charge is 0.375 e. The highest BCUT2D eigenvalue weighted by Crippen LogP contribution is 2.36. The summed E-state index contributed by atoms with van der Waals surface area (Å²) < 4.78 is 1.68. The molecule has 0 spiro atoms. The van der Waals surface area contributed by atoms with Crippen LogP contribution in [0.2, 0.25) is 0 Å². The maximum atomic E-state index is 5.25. The average molecular weight is 228 g/mol. The van der Waals surface area contributed by atoms with Crippen LogP contribution in [0.4, 0.5) is 11.4 Å². The zero-order valence-electron chi connectivity index (χ0n) is 9.13. The summed E-state index contributed by atoms with van der Waals surface area (Å²) in [4.78, 5) is 4.23. The third-order valence-electron chi connectivity index (χ3n) is 2.25. The highest BCUT2D eigenvalue weighted by molar-refractivity contribution is 7.74. The Morgan fingerprint density at radius 2 is 1.50 bits per heavy atom. The van der Waals surface area contributed by atoms with Crippen LogP contribution in [0.25, 0.3) is 0 Å². The van der Waals surface area contributed by atoms with Gasteiger partial charge in [-0.2, -0.15) is 0 Å². The van der Waals surface area contributed by atoms with E-state index in [4.69, 9.17) is 24.4 Å². The molecule has 78 valence electrons. The normalized spacial score (nSPS) is 10.6. The molecule has 0 amide bonds. The van der Waals surface area contributed by atoms with E-state index in [0.29, 0.717) is 0 Å². The lowest BCUT2D eigenvalue weighted by Gasteiger charge is -2.28. The first-order valence-electron chi connectivity index (χ1n) is 4.72. The van der Waals surface area contributed by atoms with Crippen LogP contribution in [-0.2, 0) is 0 Å². The molecule has 0 aliphatic heterocycles. The van der Waals surface area contributed by atoms with Gasteiger partial charge in [0.2, 0.25) is 0 Å². The number of hydrogen-bond donors (Lipinski definition) is 0. The standard InChI is InChI=1S/C10H16N2S2/c1-5-6-12(4)8-7(11(2)3)9(13)10(8)14/h5-6H2,1-4H3. The molecule has 0 aliphatic rings. The van der Waals surface area contributed by atoms with Gasteiger partial charge in [0, 0.05) is 27.7 Å². The molecule has 0 saturated heterocycles. The molecule has 1 aromatic carbocycles. The third kappa shape index (κ3) is 1.81. The van der Waals surface area contributed by atoms with Crippen LogP contribution in [0.15, 0.2) is 0 Å². The van der Waals surface area contributed by atoms with Crippen molar-refractivity contribution in [1.82, 2.24) is 0 Å². The molecule has 1 rings (SSSR count). The fourth-order valence-corrected chi connectivity index (χ4v) is 2.31. The Morgan fingerprint density at radius 1 is 1.00 bits per heavy atom. The fraction of sp³-hybridized carbons (Fsp3) is 0.600. The molecule has 0 aromatic heterocycles. The summed E-state index contributed by atoms with van der Waals surface area (Å²) in [5, 5.41) is 0. The van der Waals surface area contributed by atoms with E-state index < -0.39 is 0 Å². The maximum absolute atomic E-state index is 5.25. The van der Waals surface area contributed by atoms with Gasteiger partial charge in [0.25, 0.3) is 0 Å². The van der Waals surface area contributed by atoms with Gasteiger partial charge in [-0.05, 0) is 6.42 Å². The second-order valence-corrected chi connectivity index (χ2v) is 4.49. The topological polar surface area (TPSA) is 6.48 Å². The Kier molecular flexibility index (Phi) is 3.61. The molecular formula is C10H16N2S2. The third-order valence-corrected chi connectivity index (χ3v) is 3.17. The lowest BCUT2D eigenvalue weighted by atomic mass is 10.2. The average Bonchev–Trinajstić information content (AvgIpc) is 2.11. The first kappa shape index (κ1) is 11.6. The predicted octanol–water partition coefficient (Wildman–Crippen LogP) is 2.93. The van der Waals surface area contributed by atoms with Crippen LogP contribution in [0.5, 0.6) is 0 Å². The molecule has 0 bridgehead atoms. The van der Waals surface area contributed by atoms with Gasteiger partial charge >= 0.3 is 0 Å². The van der Waals surface area contributed by atoms with Gasteiger partial charge in [-0.15, -0.1) is 0 Å². The lowest BCUT2D eigenvalue weighted by molar-refractivity contribution is 0.845. The van der Waals surface area contributed by atoms with E-state index in [2.05, 4.69) is 18.9 Å². The van der Waals surface area contributed by atoms with Crippen molar-refractivity contribution in [3.63, 3.8) is 0 Å². The van der Waals surface area contributed by atoms with Gasteiger partial charge in [0.15, 0.2) is 0 Å². The Labute approximate surface area is 95.8 Å². The predicted molar refractivity (Wildman–Crippen MR) is 68.4 cm³/mol. The zero-order chi connectivity index (χ0) is 10.9. The summed E-state index contributed by atoms with van der Waals surface area (Å²) in [7, 11) is 6.07. The fourth-order valence-electron chi connectivity index (χ4n) is 1.58. The van der Waals surface area contributed by atoms with Crippen molar-refractivity contribution in [3.8, 4) is 0 Å². The van der Waals surface area contributed by atoms with Crippen molar-refractivity contribution in [2.45, 2.75) is 13.3 Å². The van der Waals surface area contributed by atoms with Crippen molar-refractivity contribution < 1.29 is 0 Å². The van der Waals surface area contributed by atoms with E-state index in [-0.39, 0.29) is 0 Å². The zero-order valence-corrected chi connectivity index (χ0v) is 10.8. The first-order chi connectivity index (χ1) is 6.50. The minimum Gasteiger partial charge on any atom is -0.375 e. The van der Waals surface area contributed by atoms with Crippen molar-refractivity contribution in [3.05, 3.63) is 9.02 Å². The van der Waals surface area contributed by atoms with Gasteiger partial charge in [-0.1, -0.05) is 31.4 Å². The molecule has 4 heteroatoms. The van der Waals surface area contributed by atoms with Crippen molar-refractivity contribution in [1.29, 1.82) is 0 Å². The van der Waals surface area contributed by atoms with E-state index >= 15 is 0 Å². The molecular weight excluding hydrogens is 212 g/mol. The molecule has 0 atom stereocenters. The van der Waals surface area contributed by atoms with Crippen LogP contribution < -0.4 is 9.80 Å². The number of rotatable bonds is 4. The van der Waals surface area contributed by atoms with Gasteiger partial charge in [-0.3, -0.25) is 0 Å². The molecule has 0 saturated carbocycles. The Morgan fingerprint density at radius 3 is 1.93 bits per heavy atom. The molecule has 1 aromatic rings. The van der Waals surface area contributed by atoms with E-state index in [1.165, 1.54) is 0 Å². The summed E-state index contributed by atoms with van der Waals surface area (Å²) in [5.41, 5.74) is 2.25. The molecule has 0 fully saturated rings. The summed E-state index contributed by atoms with van der Waals surface area (Å²) in [6.07, 6.45) is 1.12. The minimum absolute atomic E-state index is 0.836. The highest BCUT2D eigenvalue weighted by atomic mass is 32.1. The van der Waals surface area contributed by atoms with E-state index in [0.717, 1.165) is 33.4 Å². The maximum Gasteiger partial charge on any atom is 0.0834 e. The van der Waals surface area contributed by atoms with Crippen molar-refractivity contribution >= 4 is 35.8 Å². The number of anilines is 2. The molecule has 0 heterocycles. The van der Waals surface area contributed by atoms with Crippen molar-refractivity contribution in [2.75, 3.05) is 37.5 Å². The second kappa shape index (κ2) is 4.36. The molecule has 0 unspecified atom stereocenters. The van der Waals surface area contributed by atoms with Gasteiger partial charge in [-0.25, -0.2) is 0 Å². The molecule has 0 radical (unpaired) electrons. The summed E-state index contributed by atoms with van der Waals surface area (Å²) >= 11 is 10.5. The SMILES string of the molecule is CCCN(C)c1c(N(C)C)c(=S)c1=S. The molecule has 0 N–H and O–H groups in total. The summed E-state index contributed by atoms with van der Waals surface area (Å²) in [6.45, 7) is 3.18. The van der Waals surface area contributed by atoms with Crippen LogP contribution in [0, 0.1) is 9.02 Å². The Bertz CT molecular complexity index is 389. The Hall–Kier alpha value is -0.480. The Balaban J connectivity index is 3.04. The molecule has 0 aliphatic carbocycles. The minimum atomic E-state index is 0.836. The molecule has 14 heavy (non-hydrogen) atoms. The second-order valence-electron chi connectivity index (χ2n) is 3.67. The van der Waals surface area contributed by atoms with Crippen molar-refractivity contribution in [2.24, 2.45) is 0 Å². The number of hydrogen-bond acceptors (Lipinski definition) is 4. The van der Waals surface area contributed by atoms with E-state index in [9.17, 15) is 0 Å². The highest BCUT2D eigenvalue weighted by Gasteiger charge is 2.19. The quantitative estimate of drug-likeness (QED) is 0.731. The number of nitrogens with zero attached hydrogens (tertiary/aromatic N) is 2. The van der Waals surface area contributed by atoms with Crippen LogP contribution in [-0.4, -0.2) is 27.7 Å². The van der Waals surface area contributed by atoms with Gasteiger partial charge < -0.3 is 9.80 Å². The summed E-state index contributed by atoms with van der Waals surface area (Å²) in [5.74, 6) is 0. The monoisotopic (exact) mass is 228 g/mol. The smallest absolute Gasteiger partial charge is 0.0834 e. The van der Waals surface area contributed by atoms with Gasteiger partial charge in [0.1, 0.15) is 0 Å². The van der Waals surface area contributed by atoms with E-state index in [1.54, 1.807) is 0 Å². The van der Waals surface area contributed by atoms with E-state index in [1.807, 2.05) is 19.0 Å². The van der Waals surface area contributed by atoms with Crippen LogP contribution >= 0.6 is 24.4 Å².